The van der Waals surface area contributed by atoms with Gasteiger partial charge in [-0.3, -0.25) is 9.78 Å². The molecule has 8 nitrogen and oxygen atoms in total. The number of carboxylic acid groups (broad SMARTS) is 1. The van der Waals surface area contributed by atoms with Crippen molar-refractivity contribution < 1.29 is 19.1 Å². The number of pyridine rings is 1. The van der Waals surface area contributed by atoms with E-state index in [1.165, 1.54) is 0 Å². The first-order valence-electron chi connectivity index (χ1n) is 12.2. The summed E-state index contributed by atoms with van der Waals surface area (Å²) in [6.07, 6.45) is 1.96. The molecule has 9 heteroatoms. The van der Waals surface area contributed by atoms with Crippen molar-refractivity contribution in [3.8, 4) is 11.3 Å². The van der Waals surface area contributed by atoms with Gasteiger partial charge in [0.05, 0.1) is 17.3 Å². The Balaban J connectivity index is 1.38. The topological polar surface area (TPSA) is 108 Å². The highest BCUT2D eigenvalue weighted by Crippen LogP contribution is 2.40. The number of aromatic nitrogens is 1. The minimum atomic E-state index is -0.984. The summed E-state index contributed by atoms with van der Waals surface area (Å²) in [7, 11) is 0. The average molecular weight is 527 g/mol. The normalized spacial score (nSPS) is 16.8. The van der Waals surface area contributed by atoms with Crippen molar-refractivity contribution in [3.63, 3.8) is 0 Å². The molecule has 3 N–H and O–H groups in total. The lowest BCUT2D eigenvalue weighted by atomic mass is 10.0. The van der Waals surface area contributed by atoms with Gasteiger partial charge in [0, 0.05) is 30.4 Å². The van der Waals surface area contributed by atoms with Crippen molar-refractivity contribution in [2.45, 2.75) is 25.4 Å². The van der Waals surface area contributed by atoms with Gasteiger partial charge in [0.15, 0.2) is 5.11 Å². The fraction of sp³-hybridized carbons (Fsp3) is 0.172. The second-order valence-corrected chi connectivity index (χ2v) is 9.46. The molecule has 1 fully saturated rings. The maximum absolute atomic E-state index is 12.7. The number of anilines is 1. The second kappa shape index (κ2) is 10.9. The quantitative estimate of drug-likeness (QED) is 0.264. The number of benzene rings is 2. The molecule has 1 saturated heterocycles. The third kappa shape index (κ3) is 5.42. The Hall–Kier alpha value is -4.50. The maximum Gasteiger partial charge on any atom is 0.335 e. The number of aromatic carboxylic acids is 1. The summed E-state index contributed by atoms with van der Waals surface area (Å²) < 4.78 is 6.28. The Morgan fingerprint density at radius 2 is 1.82 bits per heavy atom. The van der Waals surface area contributed by atoms with Crippen molar-refractivity contribution >= 4 is 34.9 Å². The molecule has 0 saturated carbocycles. The van der Waals surface area contributed by atoms with E-state index in [-0.39, 0.29) is 30.0 Å². The minimum Gasteiger partial charge on any atom is -0.478 e. The van der Waals surface area contributed by atoms with E-state index in [4.69, 9.17) is 16.6 Å². The van der Waals surface area contributed by atoms with Gasteiger partial charge in [0.2, 0.25) is 5.91 Å². The molecule has 38 heavy (non-hydrogen) atoms. The van der Waals surface area contributed by atoms with Crippen LogP contribution in [0.15, 0.2) is 89.5 Å². The Labute approximate surface area is 225 Å². The smallest absolute Gasteiger partial charge is 0.335 e. The van der Waals surface area contributed by atoms with E-state index < -0.39 is 5.97 Å². The van der Waals surface area contributed by atoms with Crippen molar-refractivity contribution in [2.24, 2.45) is 0 Å². The number of thiocarbonyl (C=S) groups is 1. The van der Waals surface area contributed by atoms with Crippen LogP contribution >= 0.6 is 12.2 Å². The first-order chi connectivity index (χ1) is 18.4. The van der Waals surface area contributed by atoms with Crippen LogP contribution in [0.2, 0.25) is 0 Å². The van der Waals surface area contributed by atoms with E-state index in [0.29, 0.717) is 23.2 Å². The number of hydrogen-bond acceptors (Lipinski definition) is 5. The molecule has 1 amide bonds. The Kier molecular flexibility index (Phi) is 7.19. The van der Waals surface area contributed by atoms with E-state index in [2.05, 4.69) is 15.6 Å². The van der Waals surface area contributed by atoms with Crippen LogP contribution in [0.3, 0.4) is 0 Å². The van der Waals surface area contributed by atoms with Gasteiger partial charge in [-0.2, -0.15) is 0 Å². The van der Waals surface area contributed by atoms with Crippen molar-refractivity contribution in [1.29, 1.82) is 0 Å². The van der Waals surface area contributed by atoms with E-state index in [1.807, 2.05) is 66.4 Å². The molecule has 1 aliphatic heterocycles. The standard InChI is InChI=1S/C29H26N4O4S/c1-18-5-11-21(12-6-18)31-25(34)15-17-33-27(26(32-29(33)38)22-4-2-3-16-30-22)24-14-13-23(37-24)19-7-9-20(10-8-19)28(35)36/h2-14,16,26-27H,15,17H2,1H3,(H,31,34)(H,32,38)(H,35,36). The van der Waals surface area contributed by atoms with Crippen LogP contribution in [-0.4, -0.2) is 38.5 Å². The molecular weight excluding hydrogens is 500 g/mol. The molecule has 0 spiro atoms. The highest BCUT2D eigenvalue weighted by molar-refractivity contribution is 7.80. The summed E-state index contributed by atoms with van der Waals surface area (Å²) in [4.78, 5) is 30.4. The first kappa shape index (κ1) is 25.2. The lowest BCUT2D eigenvalue weighted by Gasteiger charge is -2.25. The van der Waals surface area contributed by atoms with Gasteiger partial charge in [0.1, 0.15) is 17.6 Å². The summed E-state index contributed by atoms with van der Waals surface area (Å²) >= 11 is 5.69. The summed E-state index contributed by atoms with van der Waals surface area (Å²) in [5.74, 6) is 0.161. The lowest BCUT2D eigenvalue weighted by molar-refractivity contribution is -0.116. The molecule has 5 rings (SSSR count). The minimum absolute atomic E-state index is 0.115. The van der Waals surface area contributed by atoms with Crippen LogP contribution in [0.5, 0.6) is 0 Å². The summed E-state index contributed by atoms with van der Waals surface area (Å²) in [6, 6.07) is 23.0. The van der Waals surface area contributed by atoms with Crippen LogP contribution in [0.25, 0.3) is 11.3 Å². The Bertz CT molecular complexity index is 1450. The van der Waals surface area contributed by atoms with Crippen molar-refractivity contribution in [2.75, 3.05) is 11.9 Å². The number of carbonyl (C=O) groups excluding carboxylic acids is 1. The number of rotatable bonds is 8. The predicted octanol–water partition coefficient (Wildman–Crippen LogP) is 5.35. The lowest BCUT2D eigenvalue weighted by Crippen LogP contribution is -2.32. The predicted molar refractivity (Wildman–Crippen MR) is 148 cm³/mol. The number of carbonyl (C=O) groups is 2. The van der Waals surface area contributed by atoms with Crippen LogP contribution in [-0.2, 0) is 4.79 Å². The Morgan fingerprint density at radius 1 is 1.05 bits per heavy atom. The second-order valence-electron chi connectivity index (χ2n) is 9.07. The number of nitrogens with one attached hydrogen (secondary N) is 2. The van der Waals surface area contributed by atoms with Gasteiger partial charge in [-0.05, 0) is 67.7 Å². The monoisotopic (exact) mass is 526 g/mol. The van der Waals surface area contributed by atoms with Gasteiger partial charge >= 0.3 is 5.97 Å². The van der Waals surface area contributed by atoms with Gasteiger partial charge in [-0.15, -0.1) is 0 Å². The zero-order valence-corrected chi connectivity index (χ0v) is 21.4. The number of amides is 1. The van der Waals surface area contributed by atoms with E-state index >= 15 is 0 Å². The number of hydrogen-bond donors (Lipinski definition) is 3. The maximum atomic E-state index is 12.7. The molecule has 4 aromatic rings. The molecule has 1 aliphatic rings. The number of aryl methyl sites for hydroxylation is 1. The molecule has 2 aromatic heterocycles. The van der Waals surface area contributed by atoms with Crippen LogP contribution in [0, 0.1) is 6.92 Å². The Morgan fingerprint density at radius 3 is 2.50 bits per heavy atom. The summed E-state index contributed by atoms with van der Waals surface area (Å²) in [6.45, 7) is 2.37. The van der Waals surface area contributed by atoms with Crippen molar-refractivity contribution in [1.82, 2.24) is 15.2 Å². The van der Waals surface area contributed by atoms with E-state index in [9.17, 15) is 14.7 Å². The molecule has 0 radical (unpaired) electrons. The molecule has 0 bridgehead atoms. The molecule has 2 unspecified atom stereocenters. The van der Waals surface area contributed by atoms with E-state index in [1.54, 1.807) is 30.5 Å². The van der Waals surface area contributed by atoms with Gasteiger partial charge in [-0.1, -0.05) is 35.9 Å². The highest BCUT2D eigenvalue weighted by Gasteiger charge is 2.41. The van der Waals surface area contributed by atoms with Crippen molar-refractivity contribution in [3.05, 3.63) is 108 Å². The first-order valence-corrected chi connectivity index (χ1v) is 12.6. The molecular formula is C29H26N4O4S. The average Bonchev–Trinajstić information content (AvgIpc) is 3.54. The fourth-order valence-corrected chi connectivity index (χ4v) is 4.81. The van der Waals surface area contributed by atoms with E-state index in [0.717, 1.165) is 22.5 Å². The highest BCUT2D eigenvalue weighted by atomic mass is 32.1. The summed E-state index contributed by atoms with van der Waals surface area (Å²) in [5, 5.41) is 16.0. The van der Waals surface area contributed by atoms with Gasteiger partial charge in [-0.25, -0.2) is 4.79 Å². The van der Waals surface area contributed by atoms with Gasteiger partial charge in [0.25, 0.3) is 0 Å². The largest absolute Gasteiger partial charge is 0.478 e. The van der Waals surface area contributed by atoms with Gasteiger partial charge < -0.3 is 25.1 Å². The fourth-order valence-electron chi connectivity index (χ4n) is 4.48. The SMILES string of the molecule is Cc1ccc(NC(=O)CCN2C(=S)NC(c3ccccn3)C2c2ccc(-c3ccc(C(=O)O)cc3)o2)cc1. The van der Waals surface area contributed by atoms with Crippen LogP contribution in [0.4, 0.5) is 5.69 Å². The van der Waals surface area contributed by atoms with Crippen LogP contribution < -0.4 is 10.6 Å². The molecule has 2 aromatic carbocycles. The number of nitrogens with zero attached hydrogens (tertiary/aromatic N) is 2. The molecule has 0 aliphatic carbocycles. The summed E-state index contributed by atoms with van der Waals surface area (Å²) in [5.41, 5.74) is 3.63. The molecule has 3 heterocycles. The molecule has 192 valence electrons. The van der Waals surface area contributed by atoms with Crippen LogP contribution in [0.1, 0.15) is 45.9 Å². The zero-order valence-electron chi connectivity index (χ0n) is 20.6. The third-order valence-corrected chi connectivity index (χ3v) is 6.80. The number of carboxylic acids is 1. The third-order valence-electron chi connectivity index (χ3n) is 6.45. The molecule has 2 atom stereocenters. The number of furan rings is 1. The zero-order chi connectivity index (χ0) is 26.6.